The molecule has 0 unspecified atom stereocenters. The van der Waals surface area contributed by atoms with Crippen molar-refractivity contribution in [2.45, 2.75) is 56.4 Å². The third-order valence-electron chi connectivity index (χ3n) is 4.61. The van der Waals surface area contributed by atoms with Gasteiger partial charge in [-0.05, 0) is 67.6 Å². The highest BCUT2D eigenvalue weighted by Gasteiger charge is 2.27. The van der Waals surface area contributed by atoms with Crippen molar-refractivity contribution in [2.24, 2.45) is 0 Å². The van der Waals surface area contributed by atoms with Crippen LogP contribution < -0.4 is 10.0 Å². The van der Waals surface area contributed by atoms with Gasteiger partial charge in [-0.3, -0.25) is 4.79 Å². The van der Waals surface area contributed by atoms with Crippen molar-refractivity contribution in [1.29, 1.82) is 0 Å². The van der Waals surface area contributed by atoms with Crippen molar-refractivity contribution >= 4 is 21.6 Å². The molecular formula is C21H26N2O3S. The molecule has 2 aromatic carbocycles. The molecule has 0 radical (unpaired) electrons. The molecule has 0 saturated heterocycles. The maximum Gasteiger partial charge on any atom is 0.255 e. The first kappa shape index (κ1) is 19.6. The Balaban J connectivity index is 1.59. The van der Waals surface area contributed by atoms with Gasteiger partial charge in [-0.25, -0.2) is 13.1 Å². The molecule has 0 heterocycles. The number of aryl methyl sites for hydroxylation is 1. The highest BCUT2D eigenvalue weighted by molar-refractivity contribution is 7.89. The van der Waals surface area contributed by atoms with Crippen molar-refractivity contribution in [3.05, 3.63) is 59.7 Å². The molecule has 0 atom stereocenters. The topological polar surface area (TPSA) is 75.3 Å². The number of unbranched alkanes of at least 4 members (excludes halogenated alkanes) is 2. The second kappa shape index (κ2) is 8.67. The van der Waals surface area contributed by atoms with Gasteiger partial charge in [0.2, 0.25) is 10.0 Å². The van der Waals surface area contributed by atoms with Gasteiger partial charge in [-0.2, -0.15) is 0 Å². The molecule has 1 fully saturated rings. The van der Waals surface area contributed by atoms with Crippen molar-refractivity contribution in [2.75, 3.05) is 5.32 Å². The van der Waals surface area contributed by atoms with E-state index in [9.17, 15) is 13.2 Å². The van der Waals surface area contributed by atoms with Gasteiger partial charge in [-0.15, -0.1) is 0 Å². The number of nitrogens with one attached hydrogen (secondary N) is 2. The highest BCUT2D eigenvalue weighted by atomic mass is 32.2. The van der Waals surface area contributed by atoms with Gasteiger partial charge in [0.25, 0.3) is 5.91 Å². The zero-order valence-corrected chi connectivity index (χ0v) is 16.4. The summed E-state index contributed by atoms with van der Waals surface area (Å²) in [5.74, 6) is -0.257. The first-order valence-corrected chi connectivity index (χ1v) is 11.0. The lowest BCUT2D eigenvalue weighted by Crippen LogP contribution is -2.25. The molecular weight excluding hydrogens is 360 g/mol. The standard InChI is InChI=1S/C21H26N2O3S/c1-2-3-4-5-16-6-10-18(11-7-16)22-21(24)17-8-14-20(15-9-17)27(25,26)23-19-12-13-19/h6-11,14-15,19,23H,2-5,12-13H2,1H3,(H,22,24). The fraction of sp³-hybridized carbons (Fsp3) is 0.381. The van der Waals surface area contributed by atoms with Crippen LogP contribution in [0.25, 0.3) is 0 Å². The summed E-state index contributed by atoms with van der Waals surface area (Å²) in [7, 11) is -3.49. The number of carbonyl (C=O) groups is 1. The Labute approximate surface area is 161 Å². The van der Waals surface area contributed by atoms with E-state index in [1.165, 1.54) is 49.1 Å². The summed E-state index contributed by atoms with van der Waals surface area (Å²) in [6.45, 7) is 2.18. The fourth-order valence-corrected chi connectivity index (χ4v) is 4.12. The van der Waals surface area contributed by atoms with Crippen molar-refractivity contribution < 1.29 is 13.2 Å². The fourth-order valence-electron chi connectivity index (χ4n) is 2.81. The summed E-state index contributed by atoms with van der Waals surface area (Å²) >= 11 is 0. The number of hydrogen-bond donors (Lipinski definition) is 2. The number of amides is 1. The highest BCUT2D eigenvalue weighted by Crippen LogP contribution is 2.22. The van der Waals surface area contributed by atoms with Crippen LogP contribution in [0.4, 0.5) is 5.69 Å². The molecule has 1 aliphatic carbocycles. The molecule has 0 aromatic heterocycles. The molecule has 2 aromatic rings. The van der Waals surface area contributed by atoms with Crippen LogP contribution in [0.5, 0.6) is 0 Å². The Morgan fingerprint density at radius 1 is 1.00 bits per heavy atom. The Hall–Kier alpha value is -2.18. The van der Waals surface area contributed by atoms with Gasteiger partial charge in [0.05, 0.1) is 4.90 Å². The van der Waals surface area contributed by atoms with Gasteiger partial charge in [0.1, 0.15) is 0 Å². The quantitative estimate of drug-likeness (QED) is 0.637. The smallest absolute Gasteiger partial charge is 0.255 e. The van der Waals surface area contributed by atoms with Crippen LogP contribution in [-0.2, 0) is 16.4 Å². The van der Waals surface area contributed by atoms with Crippen LogP contribution in [0, 0.1) is 0 Å². The minimum Gasteiger partial charge on any atom is -0.322 e. The number of benzene rings is 2. The van der Waals surface area contributed by atoms with Gasteiger partial charge in [-0.1, -0.05) is 31.9 Å². The molecule has 5 nitrogen and oxygen atoms in total. The number of rotatable bonds is 9. The number of anilines is 1. The van der Waals surface area contributed by atoms with Crippen LogP contribution in [0.1, 0.15) is 54.9 Å². The van der Waals surface area contributed by atoms with Gasteiger partial charge < -0.3 is 5.32 Å². The van der Waals surface area contributed by atoms with E-state index >= 15 is 0 Å². The molecule has 0 aliphatic heterocycles. The third kappa shape index (κ3) is 5.65. The van der Waals surface area contributed by atoms with E-state index < -0.39 is 10.0 Å². The summed E-state index contributed by atoms with van der Waals surface area (Å²) in [6.07, 6.45) is 6.42. The van der Waals surface area contributed by atoms with Crippen LogP contribution in [0.3, 0.4) is 0 Å². The first-order chi connectivity index (χ1) is 13.0. The summed E-state index contributed by atoms with van der Waals surface area (Å²) in [4.78, 5) is 12.6. The third-order valence-corrected chi connectivity index (χ3v) is 6.14. The first-order valence-electron chi connectivity index (χ1n) is 9.50. The predicted octanol–water partition coefficient (Wildman–Crippen LogP) is 4.11. The number of carbonyl (C=O) groups excluding carboxylic acids is 1. The molecule has 1 saturated carbocycles. The molecule has 144 valence electrons. The van der Waals surface area contributed by atoms with Crippen molar-refractivity contribution in [3.63, 3.8) is 0 Å². The van der Waals surface area contributed by atoms with Gasteiger partial charge >= 0.3 is 0 Å². The predicted molar refractivity (Wildman–Crippen MR) is 107 cm³/mol. The van der Waals surface area contributed by atoms with Crippen molar-refractivity contribution in [1.82, 2.24) is 4.72 Å². The average Bonchev–Trinajstić information content (AvgIpc) is 3.47. The minimum atomic E-state index is -3.49. The molecule has 1 amide bonds. The lowest BCUT2D eigenvalue weighted by molar-refractivity contribution is 0.102. The Morgan fingerprint density at radius 3 is 2.26 bits per heavy atom. The van der Waals surface area contributed by atoms with Gasteiger partial charge in [0.15, 0.2) is 0 Å². The summed E-state index contributed by atoms with van der Waals surface area (Å²) < 4.78 is 27.0. The second-order valence-electron chi connectivity index (χ2n) is 7.03. The van der Waals surface area contributed by atoms with E-state index in [2.05, 4.69) is 17.0 Å². The molecule has 1 aliphatic rings. The molecule has 2 N–H and O–H groups in total. The number of sulfonamides is 1. The molecule has 3 rings (SSSR count). The average molecular weight is 387 g/mol. The zero-order valence-electron chi connectivity index (χ0n) is 15.6. The Kier molecular flexibility index (Phi) is 6.29. The maximum absolute atomic E-state index is 12.4. The summed E-state index contributed by atoms with van der Waals surface area (Å²) in [6, 6.07) is 13.9. The van der Waals surface area contributed by atoms with E-state index in [-0.39, 0.29) is 16.8 Å². The van der Waals surface area contributed by atoms with Crippen LogP contribution >= 0.6 is 0 Å². The molecule has 6 heteroatoms. The molecule has 0 spiro atoms. The lowest BCUT2D eigenvalue weighted by atomic mass is 10.1. The van der Waals surface area contributed by atoms with Crippen LogP contribution in [-0.4, -0.2) is 20.4 Å². The second-order valence-corrected chi connectivity index (χ2v) is 8.74. The Morgan fingerprint density at radius 2 is 1.67 bits per heavy atom. The monoisotopic (exact) mass is 386 g/mol. The Bertz CT molecular complexity index is 871. The van der Waals surface area contributed by atoms with E-state index in [1.807, 2.05) is 24.3 Å². The normalized spacial score (nSPS) is 14.1. The summed E-state index contributed by atoms with van der Waals surface area (Å²) in [5, 5.41) is 2.85. The van der Waals surface area contributed by atoms with Crippen LogP contribution in [0.2, 0.25) is 0 Å². The zero-order chi connectivity index (χ0) is 19.3. The van der Waals surface area contributed by atoms with E-state index in [4.69, 9.17) is 0 Å². The van der Waals surface area contributed by atoms with E-state index in [1.54, 1.807) is 0 Å². The summed E-state index contributed by atoms with van der Waals surface area (Å²) in [5.41, 5.74) is 2.41. The largest absolute Gasteiger partial charge is 0.322 e. The maximum atomic E-state index is 12.4. The molecule has 0 bridgehead atoms. The molecule has 27 heavy (non-hydrogen) atoms. The lowest BCUT2D eigenvalue weighted by Gasteiger charge is -2.08. The minimum absolute atomic E-state index is 0.0583. The van der Waals surface area contributed by atoms with Gasteiger partial charge in [0, 0.05) is 17.3 Å². The van der Waals surface area contributed by atoms with E-state index in [0.717, 1.165) is 24.9 Å². The SMILES string of the molecule is CCCCCc1ccc(NC(=O)c2ccc(S(=O)(=O)NC3CC3)cc2)cc1. The van der Waals surface area contributed by atoms with Crippen molar-refractivity contribution in [3.8, 4) is 0 Å². The van der Waals surface area contributed by atoms with Crippen LogP contribution in [0.15, 0.2) is 53.4 Å². The van der Waals surface area contributed by atoms with E-state index in [0.29, 0.717) is 5.56 Å². The number of hydrogen-bond acceptors (Lipinski definition) is 3.